The highest BCUT2D eigenvalue weighted by Gasteiger charge is 2.21. The van der Waals surface area contributed by atoms with Gasteiger partial charge in [0.15, 0.2) is 11.5 Å². The molecule has 1 atom stereocenters. The van der Waals surface area contributed by atoms with E-state index in [1.54, 1.807) is 0 Å². The van der Waals surface area contributed by atoms with Gasteiger partial charge in [-0.1, -0.05) is 19.9 Å². The number of carbonyl (C=O) groups excluding carboxylic acids is 1. The molecule has 1 unspecified atom stereocenters. The van der Waals surface area contributed by atoms with Crippen molar-refractivity contribution in [2.75, 3.05) is 26.3 Å². The lowest BCUT2D eigenvalue weighted by Gasteiger charge is -2.33. The first-order valence-electron chi connectivity index (χ1n) is 9.72. The fourth-order valence-corrected chi connectivity index (χ4v) is 3.90. The molecule has 2 heterocycles. The summed E-state index contributed by atoms with van der Waals surface area (Å²) < 4.78 is 11.3. The molecule has 0 spiro atoms. The summed E-state index contributed by atoms with van der Waals surface area (Å²) in [5.41, 5.74) is 1.28. The van der Waals surface area contributed by atoms with Gasteiger partial charge < -0.3 is 9.47 Å². The number of fused-ring (bicyclic) bond motifs is 1. The first-order chi connectivity index (χ1) is 12.1. The predicted molar refractivity (Wildman–Crippen MR) is 99.1 cm³/mol. The molecule has 4 nitrogen and oxygen atoms in total. The standard InChI is InChI=1S/C21H31NO3/c1-16(2)12-19(23)7-5-17-4-3-9-22(14-17)15-18-6-8-20-21(13-18)25-11-10-24-20/h6,8,13,16-17H,3-5,7,9-12,14-15H2,1-2H3. The molecule has 4 heteroatoms. The molecular formula is C21H31NO3. The predicted octanol–water partition coefficient (Wildman–Crippen LogP) is 4.07. The van der Waals surface area contributed by atoms with E-state index in [9.17, 15) is 4.79 Å². The third kappa shape index (κ3) is 5.46. The van der Waals surface area contributed by atoms with E-state index in [4.69, 9.17) is 9.47 Å². The molecule has 0 bridgehead atoms. The molecule has 138 valence electrons. The van der Waals surface area contributed by atoms with Crippen LogP contribution in [0.5, 0.6) is 11.5 Å². The van der Waals surface area contributed by atoms with Crippen molar-refractivity contribution in [2.24, 2.45) is 11.8 Å². The molecule has 0 aliphatic carbocycles. The summed E-state index contributed by atoms with van der Waals surface area (Å²) in [4.78, 5) is 14.5. The third-order valence-corrected chi connectivity index (χ3v) is 5.08. The van der Waals surface area contributed by atoms with Gasteiger partial charge in [0.25, 0.3) is 0 Å². The van der Waals surface area contributed by atoms with E-state index in [0.29, 0.717) is 30.8 Å². The van der Waals surface area contributed by atoms with Crippen LogP contribution in [0, 0.1) is 11.8 Å². The van der Waals surface area contributed by atoms with Crippen molar-refractivity contribution in [3.05, 3.63) is 23.8 Å². The van der Waals surface area contributed by atoms with Crippen LogP contribution in [0.4, 0.5) is 0 Å². The summed E-state index contributed by atoms with van der Waals surface area (Å²) in [7, 11) is 0. The van der Waals surface area contributed by atoms with Crippen LogP contribution in [-0.4, -0.2) is 37.0 Å². The topological polar surface area (TPSA) is 38.8 Å². The maximum absolute atomic E-state index is 12.0. The molecular weight excluding hydrogens is 314 g/mol. The number of benzene rings is 1. The van der Waals surface area contributed by atoms with Gasteiger partial charge in [0, 0.05) is 25.9 Å². The Balaban J connectivity index is 1.49. The molecule has 1 aromatic carbocycles. The molecule has 0 radical (unpaired) electrons. The summed E-state index contributed by atoms with van der Waals surface area (Å²) in [6.45, 7) is 8.70. The molecule has 0 aromatic heterocycles. The Morgan fingerprint density at radius 1 is 1.24 bits per heavy atom. The van der Waals surface area contributed by atoms with E-state index in [0.717, 1.165) is 50.4 Å². The lowest BCUT2D eigenvalue weighted by atomic mass is 9.91. The largest absolute Gasteiger partial charge is 0.486 e. The lowest BCUT2D eigenvalue weighted by molar-refractivity contribution is -0.120. The molecule has 0 N–H and O–H groups in total. The maximum atomic E-state index is 12.0. The average Bonchev–Trinajstić information content (AvgIpc) is 2.60. The molecule has 2 aliphatic heterocycles. The fourth-order valence-electron chi connectivity index (χ4n) is 3.90. The van der Waals surface area contributed by atoms with Gasteiger partial charge in [0.1, 0.15) is 19.0 Å². The van der Waals surface area contributed by atoms with Crippen molar-refractivity contribution in [3.8, 4) is 11.5 Å². The third-order valence-electron chi connectivity index (χ3n) is 5.08. The Labute approximate surface area is 151 Å². The Bertz CT molecular complexity index is 585. The normalized spacial score (nSPS) is 20.7. The van der Waals surface area contributed by atoms with Crippen LogP contribution < -0.4 is 9.47 Å². The number of piperidine rings is 1. The molecule has 3 rings (SSSR count). The number of nitrogens with zero attached hydrogens (tertiary/aromatic N) is 1. The second-order valence-corrected chi connectivity index (χ2v) is 7.90. The van der Waals surface area contributed by atoms with Crippen LogP contribution >= 0.6 is 0 Å². The van der Waals surface area contributed by atoms with Gasteiger partial charge in [0.05, 0.1) is 0 Å². The minimum Gasteiger partial charge on any atom is -0.486 e. The molecule has 1 fully saturated rings. The number of carbonyl (C=O) groups is 1. The van der Waals surface area contributed by atoms with Gasteiger partial charge in [0.2, 0.25) is 0 Å². The van der Waals surface area contributed by atoms with Gasteiger partial charge in [-0.25, -0.2) is 0 Å². The number of ketones is 1. The minimum atomic E-state index is 0.430. The zero-order valence-electron chi connectivity index (χ0n) is 15.6. The van der Waals surface area contributed by atoms with Crippen LogP contribution in [0.2, 0.25) is 0 Å². The van der Waals surface area contributed by atoms with Crippen LogP contribution in [0.1, 0.15) is 51.5 Å². The summed E-state index contributed by atoms with van der Waals surface area (Å²) in [6.07, 6.45) is 5.01. The van der Waals surface area contributed by atoms with Crippen LogP contribution in [0.15, 0.2) is 18.2 Å². The van der Waals surface area contributed by atoms with Crippen molar-refractivity contribution >= 4 is 5.78 Å². The summed E-state index contributed by atoms with van der Waals surface area (Å²) >= 11 is 0. The summed E-state index contributed by atoms with van der Waals surface area (Å²) in [6, 6.07) is 6.28. The van der Waals surface area contributed by atoms with Gasteiger partial charge in [-0.2, -0.15) is 0 Å². The van der Waals surface area contributed by atoms with E-state index >= 15 is 0 Å². The minimum absolute atomic E-state index is 0.430. The smallest absolute Gasteiger partial charge is 0.161 e. The number of hydrogen-bond donors (Lipinski definition) is 0. The van der Waals surface area contributed by atoms with Crippen LogP contribution in [0.25, 0.3) is 0 Å². The van der Waals surface area contributed by atoms with E-state index in [1.807, 2.05) is 6.07 Å². The summed E-state index contributed by atoms with van der Waals surface area (Å²) in [5.74, 6) is 3.29. The molecule has 1 aromatic rings. The van der Waals surface area contributed by atoms with Gasteiger partial charge >= 0.3 is 0 Å². The maximum Gasteiger partial charge on any atom is 0.161 e. The van der Waals surface area contributed by atoms with Crippen molar-refractivity contribution in [3.63, 3.8) is 0 Å². The lowest BCUT2D eigenvalue weighted by Crippen LogP contribution is -2.35. The van der Waals surface area contributed by atoms with Crippen molar-refractivity contribution in [1.29, 1.82) is 0 Å². The number of ether oxygens (including phenoxy) is 2. The molecule has 0 saturated carbocycles. The Kier molecular flexibility index (Phi) is 6.35. The fraction of sp³-hybridized carbons (Fsp3) is 0.667. The molecule has 1 saturated heterocycles. The zero-order valence-corrected chi connectivity index (χ0v) is 15.6. The van der Waals surface area contributed by atoms with Crippen LogP contribution in [0.3, 0.4) is 0 Å². The quantitative estimate of drug-likeness (QED) is 0.747. The van der Waals surface area contributed by atoms with E-state index in [1.165, 1.54) is 18.4 Å². The van der Waals surface area contributed by atoms with Gasteiger partial charge in [-0.05, 0) is 55.3 Å². The second kappa shape index (κ2) is 8.70. The van der Waals surface area contributed by atoms with Gasteiger partial charge in [-0.15, -0.1) is 0 Å². The highest BCUT2D eigenvalue weighted by Crippen LogP contribution is 2.31. The molecule has 2 aliphatic rings. The number of hydrogen-bond acceptors (Lipinski definition) is 4. The van der Waals surface area contributed by atoms with Crippen LogP contribution in [-0.2, 0) is 11.3 Å². The zero-order chi connectivity index (χ0) is 17.6. The van der Waals surface area contributed by atoms with E-state index in [-0.39, 0.29) is 0 Å². The Morgan fingerprint density at radius 2 is 2.04 bits per heavy atom. The van der Waals surface area contributed by atoms with E-state index in [2.05, 4.69) is 30.9 Å². The number of likely N-dealkylation sites (tertiary alicyclic amines) is 1. The molecule has 25 heavy (non-hydrogen) atoms. The number of Topliss-reactive ketones (excluding diaryl/α,β-unsaturated/α-hetero) is 1. The van der Waals surface area contributed by atoms with E-state index < -0.39 is 0 Å². The van der Waals surface area contributed by atoms with Crippen molar-refractivity contribution in [2.45, 2.75) is 52.5 Å². The Hall–Kier alpha value is -1.55. The van der Waals surface area contributed by atoms with Crippen molar-refractivity contribution < 1.29 is 14.3 Å². The SMILES string of the molecule is CC(C)CC(=O)CCC1CCCN(Cc2ccc3c(c2)OCCO3)C1. The number of rotatable bonds is 7. The second-order valence-electron chi connectivity index (χ2n) is 7.90. The first-order valence-corrected chi connectivity index (χ1v) is 9.72. The highest BCUT2D eigenvalue weighted by molar-refractivity contribution is 5.78. The van der Waals surface area contributed by atoms with Crippen molar-refractivity contribution in [1.82, 2.24) is 4.90 Å². The average molecular weight is 345 g/mol. The molecule has 0 amide bonds. The highest BCUT2D eigenvalue weighted by atomic mass is 16.6. The monoisotopic (exact) mass is 345 g/mol. The first kappa shape index (κ1) is 18.2. The summed E-state index contributed by atoms with van der Waals surface area (Å²) in [5, 5.41) is 0. The van der Waals surface area contributed by atoms with Gasteiger partial charge in [-0.3, -0.25) is 9.69 Å². The Morgan fingerprint density at radius 3 is 2.84 bits per heavy atom.